The van der Waals surface area contributed by atoms with Crippen molar-refractivity contribution in [3.8, 4) is 0 Å². The predicted molar refractivity (Wildman–Crippen MR) is 55.4 cm³/mol. The highest BCUT2D eigenvalue weighted by atomic mass is 32.2. The average molecular weight is 234 g/mol. The van der Waals surface area contributed by atoms with Gasteiger partial charge in [-0.25, -0.2) is 4.31 Å². The molecular formula is C7H14N4O3S. The Bertz CT molecular complexity index is 374. The highest BCUT2D eigenvalue weighted by Crippen LogP contribution is 2.08. The number of nitrogens with one attached hydrogen (secondary N) is 2. The zero-order valence-electron chi connectivity index (χ0n) is 8.21. The molecule has 0 saturated heterocycles. The van der Waals surface area contributed by atoms with E-state index < -0.39 is 10.3 Å². The van der Waals surface area contributed by atoms with Gasteiger partial charge in [0.25, 0.3) is 0 Å². The van der Waals surface area contributed by atoms with Gasteiger partial charge in [-0.05, 0) is 19.1 Å². The Morgan fingerprint density at radius 2 is 2.33 bits per heavy atom. The van der Waals surface area contributed by atoms with Crippen LogP contribution in [0.15, 0.2) is 24.2 Å². The summed E-state index contributed by atoms with van der Waals surface area (Å²) in [6.45, 7) is 1.64. The van der Waals surface area contributed by atoms with Crippen LogP contribution in [0.2, 0.25) is 0 Å². The summed E-state index contributed by atoms with van der Waals surface area (Å²) >= 11 is 0. The second-order valence-electron chi connectivity index (χ2n) is 3.17. The van der Waals surface area contributed by atoms with Gasteiger partial charge >= 0.3 is 10.3 Å². The second-order valence-corrected chi connectivity index (χ2v) is 4.50. The summed E-state index contributed by atoms with van der Waals surface area (Å²) in [5.41, 5.74) is 10.7. The zero-order valence-corrected chi connectivity index (χ0v) is 9.03. The highest BCUT2D eigenvalue weighted by molar-refractivity contribution is 7.83. The Balaban J connectivity index is 2.90. The van der Waals surface area contributed by atoms with E-state index in [2.05, 4.69) is 10.9 Å². The third-order valence-electron chi connectivity index (χ3n) is 1.63. The lowest BCUT2D eigenvalue weighted by Gasteiger charge is -2.26. The minimum Gasteiger partial charge on any atom is -0.326 e. The van der Waals surface area contributed by atoms with Crippen molar-refractivity contribution in [2.45, 2.75) is 13.0 Å². The van der Waals surface area contributed by atoms with E-state index in [4.69, 9.17) is 10.3 Å². The number of hydrogen-bond acceptors (Lipinski definition) is 5. The number of nitrogens with two attached hydrogens (primary N) is 1. The maximum atomic E-state index is 11.1. The number of hydrogen-bond donors (Lipinski definition) is 4. The first-order chi connectivity index (χ1) is 6.91. The van der Waals surface area contributed by atoms with Crippen molar-refractivity contribution in [3.63, 3.8) is 0 Å². The van der Waals surface area contributed by atoms with Gasteiger partial charge in [0, 0.05) is 12.2 Å². The molecule has 0 amide bonds. The van der Waals surface area contributed by atoms with Crippen molar-refractivity contribution < 1.29 is 13.0 Å². The van der Waals surface area contributed by atoms with Crippen LogP contribution in [-0.2, 0) is 10.3 Å². The maximum Gasteiger partial charge on any atom is 0.361 e. The van der Waals surface area contributed by atoms with Gasteiger partial charge in [0.1, 0.15) is 5.82 Å². The van der Waals surface area contributed by atoms with E-state index in [9.17, 15) is 8.42 Å². The van der Waals surface area contributed by atoms with Gasteiger partial charge in [-0.1, -0.05) is 0 Å². The van der Waals surface area contributed by atoms with E-state index in [0.717, 1.165) is 4.31 Å². The van der Waals surface area contributed by atoms with Gasteiger partial charge in [0.05, 0.1) is 6.54 Å². The Labute approximate surface area is 88.5 Å². The van der Waals surface area contributed by atoms with Gasteiger partial charge in [-0.3, -0.25) is 9.98 Å². The van der Waals surface area contributed by atoms with Gasteiger partial charge in [0.2, 0.25) is 0 Å². The molecule has 8 heteroatoms. The third-order valence-corrected chi connectivity index (χ3v) is 2.54. The molecule has 0 bridgehead atoms. The molecular weight excluding hydrogens is 220 g/mol. The van der Waals surface area contributed by atoms with Crippen LogP contribution in [-0.4, -0.2) is 29.9 Å². The van der Waals surface area contributed by atoms with E-state index in [-0.39, 0.29) is 18.4 Å². The van der Waals surface area contributed by atoms with E-state index in [1.807, 2.05) is 0 Å². The summed E-state index contributed by atoms with van der Waals surface area (Å²) in [5.74, 6) is 0.220. The normalized spacial score (nSPS) is 17.4. The summed E-state index contributed by atoms with van der Waals surface area (Å²) in [6.07, 6.45) is 4.69. The largest absolute Gasteiger partial charge is 0.361 e. The molecule has 1 heterocycles. The number of rotatable bonds is 4. The molecule has 0 unspecified atom stereocenters. The van der Waals surface area contributed by atoms with Crippen molar-refractivity contribution in [2.24, 2.45) is 5.73 Å². The molecule has 7 nitrogen and oxygen atoms in total. The monoisotopic (exact) mass is 234 g/mol. The summed E-state index contributed by atoms with van der Waals surface area (Å²) in [4.78, 5) is 0. The predicted octanol–water partition coefficient (Wildman–Crippen LogP) is -1.10. The van der Waals surface area contributed by atoms with E-state index in [1.54, 1.807) is 19.2 Å². The van der Waals surface area contributed by atoms with Gasteiger partial charge in [-0.2, -0.15) is 8.42 Å². The van der Waals surface area contributed by atoms with Crippen LogP contribution >= 0.6 is 0 Å². The molecule has 1 aliphatic rings. The van der Waals surface area contributed by atoms with Gasteiger partial charge in [-0.15, -0.1) is 0 Å². The van der Waals surface area contributed by atoms with E-state index in [1.165, 1.54) is 6.08 Å². The first-order valence-electron chi connectivity index (χ1n) is 4.30. The van der Waals surface area contributed by atoms with E-state index in [0.29, 0.717) is 0 Å². The first kappa shape index (κ1) is 11.8. The van der Waals surface area contributed by atoms with Gasteiger partial charge < -0.3 is 11.2 Å². The number of hydrazine groups is 1. The fourth-order valence-electron chi connectivity index (χ4n) is 1.07. The van der Waals surface area contributed by atoms with Crippen LogP contribution in [0.4, 0.5) is 0 Å². The molecule has 0 spiro atoms. The smallest absolute Gasteiger partial charge is 0.326 e. The lowest BCUT2D eigenvalue weighted by molar-refractivity contribution is 0.359. The van der Waals surface area contributed by atoms with Crippen molar-refractivity contribution >= 4 is 10.3 Å². The second kappa shape index (κ2) is 4.51. The van der Waals surface area contributed by atoms with Crippen molar-refractivity contribution in [3.05, 3.63) is 24.2 Å². The fourth-order valence-corrected chi connectivity index (χ4v) is 1.85. The van der Waals surface area contributed by atoms with E-state index >= 15 is 0 Å². The summed E-state index contributed by atoms with van der Waals surface area (Å²) in [6, 6.07) is -0.388. The van der Waals surface area contributed by atoms with Crippen LogP contribution in [0, 0.1) is 0 Å². The Hall–Kier alpha value is -1.25. The SMILES string of the molecule is C[C@@H](N)CN(C1=CC=CNN1)S(=O)(=O)O. The molecule has 86 valence electrons. The molecule has 5 N–H and O–H groups in total. The van der Waals surface area contributed by atoms with Crippen LogP contribution in [0.1, 0.15) is 6.92 Å². The van der Waals surface area contributed by atoms with Crippen LogP contribution in [0.3, 0.4) is 0 Å². The minimum absolute atomic E-state index is 0.00676. The summed E-state index contributed by atoms with van der Waals surface area (Å²) in [5, 5.41) is 0. The lowest BCUT2D eigenvalue weighted by atomic mass is 10.3. The first-order valence-corrected chi connectivity index (χ1v) is 5.70. The average Bonchev–Trinajstić information content (AvgIpc) is 2.14. The molecule has 0 radical (unpaired) electrons. The zero-order chi connectivity index (χ0) is 11.5. The van der Waals surface area contributed by atoms with Crippen LogP contribution in [0.5, 0.6) is 0 Å². The Morgan fingerprint density at radius 3 is 2.73 bits per heavy atom. The molecule has 0 aromatic rings. The van der Waals surface area contributed by atoms with Crippen molar-refractivity contribution in [1.29, 1.82) is 0 Å². The molecule has 15 heavy (non-hydrogen) atoms. The van der Waals surface area contributed by atoms with Crippen LogP contribution < -0.4 is 16.6 Å². The van der Waals surface area contributed by atoms with Crippen molar-refractivity contribution in [2.75, 3.05) is 6.54 Å². The molecule has 0 aliphatic carbocycles. The molecule has 1 aliphatic heterocycles. The molecule has 1 rings (SSSR count). The quantitative estimate of drug-likeness (QED) is 0.460. The maximum absolute atomic E-state index is 11.1. The summed E-state index contributed by atoms with van der Waals surface area (Å²) < 4.78 is 31.9. The Kier molecular flexibility index (Phi) is 3.56. The third kappa shape index (κ3) is 3.42. The molecule has 0 aromatic heterocycles. The lowest BCUT2D eigenvalue weighted by Crippen LogP contribution is -2.45. The molecule has 0 saturated carbocycles. The Morgan fingerprint density at radius 1 is 1.67 bits per heavy atom. The topological polar surface area (TPSA) is 108 Å². The minimum atomic E-state index is -4.31. The number of allylic oxidation sites excluding steroid dienone is 2. The molecule has 1 atom stereocenters. The fraction of sp³-hybridized carbons (Fsp3) is 0.429. The highest BCUT2D eigenvalue weighted by Gasteiger charge is 2.23. The molecule has 0 aromatic carbocycles. The summed E-state index contributed by atoms with van der Waals surface area (Å²) in [7, 11) is -4.31. The van der Waals surface area contributed by atoms with Crippen LogP contribution in [0.25, 0.3) is 0 Å². The standard InChI is InChI=1S/C7H14N4O3S/c1-6(8)5-11(15(12,13)14)7-3-2-4-9-10-7/h2-4,6,9-10H,5,8H2,1H3,(H,12,13,14)/t6-/m1/s1. The molecule has 0 fully saturated rings. The van der Waals surface area contributed by atoms with Crippen molar-refractivity contribution in [1.82, 2.24) is 15.2 Å². The van der Waals surface area contributed by atoms with Gasteiger partial charge in [0.15, 0.2) is 0 Å². The number of nitrogens with zero attached hydrogens (tertiary/aromatic N) is 1.